The maximum absolute atomic E-state index is 13.6. The molecule has 126 valence electrons. The Kier molecular flexibility index (Phi) is 5.90. The monoisotopic (exact) mass is 340 g/mol. The fourth-order valence-electron chi connectivity index (χ4n) is 2.62. The van der Waals surface area contributed by atoms with E-state index in [-0.39, 0.29) is 24.3 Å². The van der Waals surface area contributed by atoms with Crippen LogP contribution < -0.4 is 4.72 Å². The molecule has 1 aromatic carbocycles. The lowest BCUT2D eigenvalue weighted by Crippen LogP contribution is -2.48. The number of carbonyl (C=O) groups excluding carboxylic acids is 1. The zero-order valence-electron chi connectivity index (χ0n) is 13.0. The minimum absolute atomic E-state index is 0.170. The van der Waals surface area contributed by atoms with Crippen molar-refractivity contribution < 1.29 is 17.6 Å². The summed E-state index contributed by atoms with van der Waals surface area (Å²) in [4.78, 5) is 14.0. The lowest BCUT2D eigenvalue weighted by Gasteiger charge is -2.35. The summed E-state index contributed by atoms with van der Waals surface area (Å²) in [5.74, 6) is -0.612. The van der Waals surface area contributed by atoms with E-state index in [1.165, 1.54) is 18.2 Å². The summed E-state index contributed by atoms with van der Waals surface area (Å²) in [5, 5.41) is 0. The Morgan fingerprint density at radius 3 is 2.83 bits per heavy atom. The van der Waals surface area contributed by atoms with E-state index in [0.717, 1.165) is 25.5 Å². The van der Waals surface area contributed by atoms with Gasteiger partial charge in [-0.3, -0.25) is 4.79 Å². The molecule has 0 spiro atoms. The number of benzene rings is 1. The van der Waals surface area contributed by atoms with Crippen LogP contribution in [0.15, 0.2) is 30.3 Å². The SMILES string of the molecule is CS(=O)(=O)NC[C@H]1CCCCN1C(=O)/C=C\c1ccccc1F. The molecular formula is C16H21FN2O3S. The molecule has 1 saturated heterocycles. The summed E-state index contributed by atoms with van der Waals surface area (Å²) in [6.07, 6.45) is 6.48. The summed E-state index contributed by atoms with van der Waals surface area (Å²) in [7, 11) is -3.29. The molecule has 1 atom stereocenters. The van der Waals surface area contributed by atoms with Gasteiger partial charge in [0.05, 0.1) is 6.26 Å². The average molecular weight is 340 g/mol. The van der Waals surface area contributed by atoms with Gasteiger partial charge >= 0.3 is 0 Å². The van der Waals surface area contributed by atoms with E-state index in [0.29, 0.717) is 12.1 Å². The highest BCUT2D eigenvalue weighted by Crippen LogP contribution is 2.18. The van der Waals surface area contributed by atoms with E-state index in [4.69, 9.17) is 0 Å². The number of hydrogen-bond acceptors (Lipinski definition) is 3. The largest absolute Gasteiger partial charge is 0.335 e. The maximum atomic E-state index is 13.6. The van der Waals surface area contributed by atoms with Gasteiger partial charge in [-0.25, -0.2) is 17.5 Å². The van der Waals surface area contributed by atoms with Crippen LogP contribution in [0.2, 0.25) is 0 Å². The normalized spacial score (nSPS) is 19.2. The van der Waals surface area contributed by atoms with Crippen molar-refractivity contribution in [2.45, 2.75) is 25.3 Å². The van der Waals surface area contributed by atoms with E-state index in [2.05, 4.69) is 4.72 Å². The molecule has 0 unspecified atom stereocenters. The molecule has 1 aliphatic rings. The predicted octanol–water partition coefficient (Wildman–Crippen LogP) is 1.77. The smallest absolute Gasteiger partial charge is 0.246 e. The number of sulfonamides is 1. The van der Waals surface area contributed by atoms with Crippen molar-refractivity contribution in [2.75, 3.05) is 19.3 Å². The summed E-state index contributed by atoms with van der Waals surface area (Å²) >= 11 is 0. The zero-order valence-corrected chi connectivity index (χ0v) is 13.9. The second-order valence-electron chi connectivity index (χ2n) is 5.66. The minimum Gasteiger partial charge on any atom is -0.335 e. The molecule has 0 aliphatic carbocycles. The molecule has 1 fully saturated rings. The first kappa shape index (κ1) is 17.6. The third-order valence-electron chi connectivity index (χ3n) is 3.80. The summed E-state index contributed by atoms with van der Waals surface area (Å²) in [6, 6.07) is 6.05. The Morgan fingerprint density at radius 2 is 2.13 bits per heavy atom. The number of rotatable bonds is 5. The Labute approximate surface area is 136 Å². The van der Waals surface area contributed by atoms with Crippen molar-refractivity contribution in [1.29, 1.82) is 0 Å². The van der Waals surface area contributed by atoms with Gasteiger partial charge in [0.15, 0.2) is 0 Å². The van der Waals surface area contributed by atoms with E-state index >= 15 is 0 Å². The molecule has 1 heterocycles. The number of nitrogens with one attached hydrogen (secondary N) is 1. The Bertz CT molecular complexity index is 688. The fourth-order valence-corrected chi connectivity index (χ4v) is 3.11. The lowest BCUT2D eigenvalue weighted by molar-refractivity contribution is -0.129. The van der Waals surface area contributed by atoms with Crippen LogP contribution in [0.25, 0.3) is 6.08 Å². The number of carbonyl (C=O) groups is 1. The molecule has 1 amide bonds. The van der Waals surface area contributed by atoms with E-state index in [9.17, 15) is 17.6 Å². The van der Waals surface area contributed by atoms with E-state index in [1.54, 1.807) is 23.1 Å². The van der Waals surface area contributed by atoms with Crippen molar-refractivity contribution in [3.63, 3.8) is 0 Å². The minimum atomic E-state index is -3.29. The third-order valence-corrected chi connectivity index (χ3v) is 4.49. The van der Waals surface area contributed by atoms with Crippen LogP contribution in [0.1, 0.15) is 24.8 Å². The topological polar surface area (TPSA) is 66.5 Å². The second-order valence-corrected chi connectivity index (χ2v) is 7.49. The van der Waals surface area contributed by atoms with Gasteiger partial charge in [-0.15, -0.1) is 0 Å². The zero-order chi connectivity index (χ0) is 16.9. The van der Waals surface area contributed by atoms with Crippen molar-refractivity contribution in [3.05, 3.63) is 41.7 Å². The molecule has 1 aliphatic heterocycles. The van der Waals surface area contributed by atoms with Crippen LogP contribution in [0.3, 0.4) is 0 Å². The molecule has 0 aromatic heterocycles. The molecule has 0 saturated carbocycles. The number of piperidine rings is 1. The first-order chi connectivity index (χ1) is 10.9. The Hall–Kier alpha value is -1.73. The molecule has 1 N–H and O–H groups in total. The van der Waals surface area contributed by atoms with E-state index in [1.807, 2.05) is 0 Å². The van der Waals surface area contributed by atoms with Gasteiger partial charge in [0.25, 0.3) is 0 Å². The molecule has 0 bridgehead atoms. The van der Waals surface area contributed by atoms with Crippen LogP contribution in [-0.2, 0) is 14.8 Å². The summed E-state index contributed by atoms with van der Waals surface area (Å²) in [6.45, 7) is 0.786. The van der Waals surface area contributed by atoms with Crippen LogP contribution in [0.4, 0.5) is 4.39 Å². The Morgan fingerprint density at radius 1 is 1.39 bits per heavy atom. The number of likely N-dealkylation sites (tertiary alicyclic amines) is 1. The third kappa shape index (κ3) is 5.44. The van der Waals surface area contributed by atoms with Gasteiger partial charge in [0, 0.05) is 30.8 Å². The van der Waals surface area contributed by atoms with Crippen LogP contribution in [0.5, 0.6) is 0 Å². The fraction of sp³-hybridized carbons (Fsp3) is 0.438. The summed E-state index contributed by atoms with van der Waals surface area (Å²) in [5.41, 5.74) is 0.351. The quantitative estimate of drug-likeness (QED) is 0.831. The highest BCUT2D eigenvalue weighted by molar-refractivity contribution is 7.88. The molecular weight excluding hydrogens is 319 g/mol. The van der Waals surface area contributed by atoms with Crippen molar-refractivity contribution in [2.24, 2.45) is 0 Å². The second kappa shape index (κ2) is 7.70. The Balaban J connectivity index is 2.04. The average Bonchev–Trinajstić information content (AvgIpc) is 2.51. The van der Waals surface area contributed by atoms with Gasteiger partial charge < -0.3 is 4.90 Å². The number of nitrogens with zero attached hydrogens (tertiary/aromatic N) is 1. The van der Waals surface area contributed by atoms with Gasteiger partial charge in [0.2, 0.25) is 15.9 Å². The number of halogens is 1. The molecule has 1 aromatic rings. The van der Waals surface area contributed by atoms with Gasteiger partial charge in [0.1, 0.15) is 5.82 Å². The van der Waals surface area contributed by atoms with Crippen LogP contribution in [0, 0.1) is 5.82 Å². The molecule has 0 radical (unpaired) electrons. The predicted molar refractivity (Wildman–Crippen MR) is 87.6 cm³/mol. The first-order valence-corrected chi connectivity index (χ1v) is 9.44. The van der Waals surface area contributed by atoms with E-state index < -0.39 is 10.0 Å². The van der Waals surface area contributed by atoms with Crippen molar-refractivity contribution in [1.82, 2.24) is 9.62 Å². The molecule has 23 heavy (non-hydrogen) atoms. The van der Waals surface area contributed by atoms with Crippen molar-refractivity contribution >= 4 is 22.0 Å². The van der Waals surface area contributed by atoms with Crippen molar-refractivity contribution in [3.8, 4) is 0 Å². The first-order valence-electron chi connectivity index (χ1n) is 7.54. The summed E-state index contributed by atoms with van der Waals surface area (Å²) < 4.78 is 38.5. The number of hydrogen-bond donors (Lipinski definition) is 1. The van der Waals surface area contributed by atoms with Gasteiger partial charge in [-0.1, -0.05) is 18.2 Å². The van der Waals surface area contributed by atoms with Crippen LogP contribution in [-0.4, -0.2) is 44.6 Å². The highest BCUT2D eigenvalue weighted by atomic mass is 32.2. The van der Waals surface area contributed by atoms with Gasteiger partial charge in [-0.05, 0) is 31.4 Å². The highest BCUT2D eigenvalue weighted by Gasteiger charge is 2.25. The van der Waals surface area contributed by atoms with Gasteiger partial charge in [-0.2, -0.15) is 0 Å². The molecule has 5 nitrogen and oxygen atoms in total. The van der Waals surface area contributed by atoms with Crippen LogP contribution >= 0.6 is 0 Å². The molecule has 2 rings (SSSR count). The number of amides is 1. The lowest BCUT2D eigenvalue weighted by atomic mass is 10.0. The standard InChI is InChI=1S/C16H21FN2O3S/c1-23(21,22)18-12-14-7-4-5-11-19(14)16(20)10-9-13-6-2-3-8-15(13)17/h2-3,6,8-10,14,18H,4-5,7,11-12H2,1H3/b10-9-/t14-/m1/s1. The maximum Gasteiger partial charge on any atom is 0.246 e. The molecule has 7 heteroatoms.